The van der Waals surface area contributed by atoms with Gasteiger partial charge in [0.1, 0.15) is 24.0 Å². The van der Waals surface area contributed by atoms with Gasteiger partial charge in [-0.1, -0.05) is 48.5 Å². The average molecular weight is 625 g/mol. The van der Waals surface area contributed by atoms with E-state index in [0.29, 0.717) is 34.3 Å². The number of rotatable bonds is 7. The summed E-state index contributed by atoms with van der Waals surface area (Å²) in [7, 11) is 0. The largest absolute Gasteiger partial charge is 0.454 e. The Morgan fingerprint density at radius 3 is 2.38 bits per heavy atom. The van der Waals surface area contributed by atoms with Crippen LogP contribution in [0.1, 0.15) is 21.9 Å². The minimum atomic E-state index is -0.415. The molecule has 0 unspecified atom stereocenters. The molecule has 45 heavy (non-hydrogen) atoms. The van der Waals surface area contributed by atoms with E-state index in [1.807, 2.05) is 48.5 Å². The molecule has 1 aromatic heterocycles. The zero-order valence-corrected chi connectivity index (χ0v) is 24.6. The van der Waals surface area contributed by atoms with Crippen LogP contribution in [0.25, 0.3) is 16.9 Å². The van der Waals surface area contributed by atoms with Gasteiger partial charge in [0.2, 0.25) is 18.6 Å². The van der Waals surface area contributed by atoms with Gasteiger partial charge in [-0.3, -0.25) is 14.5 Å². The Kier molecular flexibility index (Phi) is 7.68. The normalized spacial score (nSPS) is 15.5. The first-order valence-electron chi connectivity index (χ1n) is 14.2. The molecule has 226 valence electrons. The summed E-state index contributed by atoms with van der Waals surface area (Å²) in [5.41, 5.74) is 4.28. The van der Waals surface area contributed by atoms with Crippen LogP contribution in [0.3, 0.4) is 0 Å². The van der Waals surface area contributed by atoms with Gasteiger partial charge in [-0.05, 0) is 59.7 Å². The quantitative estimate of drug-likeness (QED) is 0.238. The van der Waals surface area contributed by atoms with Crippen molar-refractivity contribution in [3.63, 3.8) is 0 Å². The minimum Gasteiger partial charge on any atom is -0.454 e. The molecule has 1 N–H and O–H groups in total. The Bertz CT molecular complexity index is 1880. The number of nitrogens with one attached hydrogen (secondary N) is 1. The lowest BCUT2D eigenvalue weighted by Crippen LogP contribution is -2.42. The molecule has 3 heterocycles. The lowest BCUT2D eigenvalue weighted by atomic mass is 9.99. The van der Waals surface area contributed by atoms with Crippen molar-refractivity contribution in [2.24, 2.45) is 0 Å². The first-order chi connectivity index (χ1) is 21.9. The molecule has 4 aromatic carbocycles. The molecule has 8 nitrogen and oxygen atoms in total. The highest BCUT2D eigenvalue weighted by molar-refractivity contribution is 8.00. The van der Waals surface area contributed by atoms with Crippen LogP contribution in [0.4, 0.5) is 14.6 Å². The van der Waals surface area contributed by atoms with Crippen molar-refractivity contribution in [1.29, 1.82) is 0 Å². The molecule has 5 aromatic rings. The van der Waals surface area contributed by atoms with E-state index in [2.05, 4.69) is 5.32 Å². The number of thioether (sulfide) groups is 1. The summed E-state index contributed by atoms with van der Waals surface area (Å²) >= 11 is 1.43. The number of anilines is 1. The molecule has 0 bridgehead atoms. The topological polar surface area (TPSA) is 85.7 Å². The van der Waals surface area contributed by atoms with Crippen LogP contribution in [-0.2, 0) is 16.1 Å². The zero-order chi connectivity index (χ0) is 30.9. The fourth-order valence-corrected chi connectivity index (χ4v) is 6.62. The molecule has 11 heteroatoms. The summed E-state index contributed by atoms with van der Waals surface area (Å²) in [5, 5.41) is 7.47. The van der Waals surface area contributed by atoms with E-state index in [9.17, 15) is 18.4 Å². The maximum absolute atomic E-state index is 14.0. The highest BCUT2D eigenvalue weighted by Crippen LogP contribution is 2.50. The molecule has 2 aliphatic heterocycles. The van der Waals surface area contributed by atoms with E-state index in [1.165, 1.54) is 40.9 Å². The first-order valence-corrected chi connectivity index (χ1v) is 15.3. The van der Waals surface area contributed by atoms with Gasteiger partial charge in [-0.2, -0.15) is 5.10 Å². The molecule has 2 aliphatic rings. The average Bonchev–Trinajstić information content (AvgIpc) is 3.66. The number of nitrogens with zero attached hydrogens (tertiary/aromatic N) is 3. The molecule has 7 rings (SSSR count). The third-order valence-electron chi connectivity index (χ3n) is 7.61. The monoisotopic (exact) mass is 624 g/mol. The molecular formula is C34H26F2N4O4S. The molecule has 0 radical (unpaired) electrons. The number of halogens is 2. The number of aromatic nitrogens is 2. The Hall–Kier alpha value is -5.16. The fraction of sp³-hybridized carbons (Fsp3) is 0.147. The number of fused-ring (bicyclic) bond motifs is 2. The predicted molar refractivity (Wildman–Crippen MR) is 166 cm³/mol. The van der Waals surface area contributed by atoms with Crippen molar-refractivity contribution in [2.45, 2.75) is 11.8 Å². The van der Waals surface area contributed by atoms with Crippen LogP contribution in [0.2, 0.25) is 0 Å². The summed E-state index contributed by atoms with van der Waals surface area (Å²) in [6.07, 6.45) is 0. The Labute approximate surface area is 261 Å². The van der Waals surface area contributed by atoms with Crippen molar-refractivity contribution in [1.82, 2.24) is 15.1 Å². The SMILES string of the molecule is O=C(CN1C(=O)CS[C@@H](c2ccc3c(c2)OCO3)c2c(-c3ccccc3)nn(-c3ccc(F)cc3)c21)NCc1ccc(F)cc1. The number of amides is 2. The van der Waals surface area contributed by atoms with Gasteiger partial charge < -0.3 is 14.8 Å². The van der Waals surface area contributed by atoms with Crippen LogP contribution in [0.5, 0.6) is 11.5 Å². The van der Waals surface area contributed by atoms with Crippen LogP contribution >= 0.6 is 11.8 Å². The van der Waals surface area contributed by atoms with Crippen molar-refractivity contribution < 1.29 is 27.8 Å². The summed E-state index contributed by atoms with van der Waals surface area (Å²) in [4.78, 5) is 28.7. The third kappa shape index (κ3) is 5.74. The molecule has 0 fully saturated rings. The van der Waals surface area contributed by atoms with E-state index in [1.54, 1.807) is 28.9 Å². The Morgan fingerprint density at radius 2 is 1.62 bits per heavy atom. The second kappa shape index (κ2) is 12.1. The smallest absolute Gasteiger partial charge is 0.240 e. The maximum atomic E-state index is 14.0. The maximum Gasteiger partial charge on any atom is 0.240 e. The summed E-state index contributed by atoms with van der Waals surface area (Å²) in [6.45, 7) is -0.00344. The van der Waals surface area contributed by atoms with Gasteiger partial charge in [0.15, 0.2) is 11.5 Å². The van der Waals surface area contributed by atoms with E-state index in [-0.39, 0.29) is 42.6 Å². The summed E-state index contributed by atoms with van der Waals surface area (Å²) in [5.74, 6) is 0.259. The highest BCUT2D eigenvalue weighted by atomic mass is 32.2. The Balaban J connectivity index is 1.36. The lowest BCUT2D eigenvalue weighted by Gasteiger charge is -2.23. The van der Waals surface area contributed by atoms with Gasteiger partial charge in [0.05, 0.1) is 22.4 Å². The predicted octanol–water partition coefficient (Wildman–Crippen LogP) is 6.03. The number of carbonyl (C=O) groups is 2. The fourth-order valence-electron chi connectivity index (χ4n) is 5.43. The van der Waals surface area contributed by atoms with Crippen LogP contribution in [0.15, 0.2) is 97.1 Å². The molecule has 0 saturated carbocycles. The van der Waals surface area contributed by atoms with E-state index in [4.69, 9.17) is 14.6 Å². The zero-order valence-electron chi connectivity index (χ0n) is 23.8. The number of hydrogen-bond donors (Lipinski definition) is 1. The van der Waals surface area contributed by atoms with Gasteiger partial charge in [-0.25, -0.2) is 13.5 Å². The summed E-state index contributed by atoms with van der Waals surface area (Å²) in [6, 6.07) is 26.9. The van der Waals surface area contributed by atoms with Crippen molar-refractivity contribution >= 4 is 29.4 Å². The molecular weight excluding hydrogens is 598 g/mol. The molecule has 0 aliphatic carbocycles. The highest BCUT2D eigenvalue weighted by Gasteiger charge is 2.38. The van der Waals surface area contributed by atoms with Crippen LogP contribution in [-0.4, -0.2) is 40.7 Å². The number of carbonyl (C=O) groups excluding carboxylic acids is 2. The van der Waals surface area contributed by atoms with Gasteiger partial charge in [0, 0.05) is 17.7 Å². The van der Waals surface area contributed by atoms with Crippen molar-refractivity contribution in [3.8, 4) is 28.4 Å². The van der Waals surface area contributed by atoms with E-state index >= 15 is 0 Å². The third-order valence-corrected chi connectivity index (χ3v) is 8.87. The van der Waals surface area contributed by atoms with Gasteiger partial charge >= 0.3 is 0 Å². The molecule has 2 amide bonds. The van der Waals surface area contributed by atoms with E-state index < -0.39 is 11.7 Å². The second-order valence-corrected chi connectivity index (χ2v) is 11.6. The standard InChI is InChI=1S/C34H26F2N4O4S/c35-24-9-6-21(7-10-24)17-37-29(41)18-39-30(42)19-45-33(23-8-15-27-28(16-23)44-20-43-27)31-32(22-4-2-1-3-5-22)38-40(34(31)39)26-13-11-25(36)12-14-26/h1-16,33H,17-20H2,(H,37,41)/t33-/m0/s1. The van der Waals surface area contributed by atoms with Crippen LogP contribution < -0.4 is 19.7 Å². The van der Waals surface area contributed by atoms with Gasteiger partial charge in [-0.15, -0.1) is 11.8 Å². The molecule has 0 spiro atoms. The molecule has 1 atom stereocenters. The number of ether oxygens (including phenoxy) is 2. The number of benzene rings is 4. The Morgan fingerprint density at radius 1 is 0.911 bits per heavy atom. The van der Waals surface area contributed by atoms with Gasteiger partial charge in [0.25, 0.3) is 0 Å². The number of hydrogen-bond acceptors (Lipinski definition) is 6. The summed E-state index contributed by atoms with van der Waals surface area (Å²) < 4.78 is 40.2. The lowest BCUT2D eigenvalue weighted by molar-refractivity contribution is -0.123. The van der Waals surface area contributed by atoms with Crippen molar-refractivity contribution in [2.75, 3.05) is 24.0 Å². The minimum absolute atomic E-state index is 0.0800. The second-order valence-electron chi connectivity index (χ2n) is 10.5. The molecule has 0 saturated heterocycles. The van der Waals surface area contributed by atoms with E-state index in [0.717, 1.165) is 16.7 Å². The first kappa shape index (κ1) is 28.6. The van der Waals surface area contributed by atoms with Crippen molar-refractivity contribution in [3.05, 3.63) is 125 Å². The van der Waals surface area contributed by atoms with Crippen LogP contribution in [0, 0.1) is 11.6 Å².